The Kier molecular flexibility index (Phi) is 5.32. The number of benzene rings is 2. The van der Waals surface area contributed by atoms with E-state index < -0.39 is 10.5 Å². The maximum atomic E-state index is 10.1. The van der Waals surface area contributed by atoms with E-state index in [1.54, 1.807) is 14.2 Å². The largest absolute Gasteiger partial charge is 0.722 e. The fourth-order valence-electron chi connectivity index (χ4n) is 4.41. The Morgan fingerprint density at radius 1 is 1.13 bits per heavy atom. The second-order valence-corrected chi connectivity index (χ2v) is 8.47. The van der Waals surface area contributed by atoms with Crippen LogP contribution in [-0.2, 0) is 23.5 Å². The smallest absolute Gasteiger partial charge is 0.255 e. The molecule has 166 valence electrons. The van der Waals surface area contributed by atoms with Gasteiger partial charge in [0.15, 0.2) is 23.0 Å². The Morgan fingerprint density at radius 3 is 2.45 bits per heavy atom. The van der Waals surface area contributed by atoms with E-state index in [1.165, 1.54) is 28.0 Å². The molecule has 2 aromatic carbocycles. The lowest BCUT2D eigenvalue weighted by atomic mass is 9.88. The highest BCUT2D eigenvalue weighted by Gasteiger charge is 2.40. The third-order valence-electron chi connectivity index (χ3n) is 5.81. The summed E-state index contributed by atoms with van der Waals surface area (Å²) in [5, 5.41) is 0. The predicted octanol–water partition coefficient (Wildman–Crippen LogP) is 2.86. The van der Waals surface area contributed by atoms with Crippen molar-refractivity contribution in [3.8, 4) is 23.0 Å². The van der Waals surface area contributed by atoms with Crippen LogP contribution in [0.15, 0.2) is 24.3 Å². The molecule has 3 aliphatic rings. The zero-order valence-electron chi connectivity index (χ0n) is 17.3. The molecule has 1 unspecified atom stereocenters. The van der Waals surface area contributed by atoms with Crippen molar-refractivity contribution in [2.45, 2.75) is 13.0 Å². The average molecular weight is 451 g/mol. The number of methoxy groups -OCH3 is 2. The summed E-state index contributed by atoms with van der Waals surface area (Å²) in [4.78, 5) is 0. The fraction of sp³-hybridized carbons (Fsp3) is 0.333. The van der Waals surface area contributed by atoms with Crippen LogP contribution in [0, 0.1) is 0 Å². The zero-order chi connectivity index (χ0) is 22.4. The number of nitrogens with zero attached hydrogens (tertiary/aromatic N) is 1. The van der Waals surface area contributed by atoms with Gasteiger partial charge in [0, 0.05) is 18.1 Å². The lowest BCUT2D eigenvalue weighted by molar-refractivity contribution is -0.854. The number of quaternary nitrogens is 1. The van der Waals surface area contributed by atoms with E-state index >= 15 is 0 Å². The highest BCUT2D eigenvalue weighted by Crippen LogP contribution is 2.48. The molecule has 0 spiro atoms. The maximum absolute atomic E-state index is 10.1. The summed E-state index contributed by atoms with van der Waals surface area (Å²) in [5.74, 6) is 3.34. The van der Waals surface area contributed by atoms with E-state index in [2.05, 4.69) is 31.3 Å². The SMILES string of the molecule is COc1ccc2c(c1OC)C[N+]1(C)CCc3cc4c(cc3C1=C2)OCO4.O=S(=O)([O-])F. The molecule has 0 N–H and O–H groups in total. The van der Waals surface area contributed by atoms with E-state index in [1.807, 2.05) is 6.07 Å². The minimum Gasteiger partial charge on any atom is -0.722 e. The van der Waals surface area contributed by atoms with Gasteiger partial charge in [-0.15, -0.1) is 3.89 Å². The highest BCUT2D eigenvalue weighted by atomic mass is 32.3. The van der Waals surface area contributed by atoms with E-state index in [9.17, 15) is 3.89 Å². The molecule has 0 bridgehead atoms. The lowest BCUT2D eigenvalue weighted by Gasteiger charge is -2.43. The van der Waals surface area contributed by atoms with E-state index in [4.69, 9.17) is 31.9 Å². The number of fused-ring (bicyclic) bond motifs is 5. The first-order chi connectivity index (χ1) is 14.6. The molecule has 31 heavy (non-hydrogen) atoms. The molecule has 0 radical (unpaired) electrons. The third kappa shape index (κ3) is 4.06. The Labute approximate surface area is 180 Å². The molecule has 0 fully saturated rings. The molecule has 0 amide bonds. The van der Waals surface area contributed by atoms with Crippen molar-refractivity contribution < 1.29 is 40.3 Å². The van der Waals surface area contributed by atoms with Crippen LogP contribution in [0.1, 0.15) is 22.3 Å². The molecule has 0 saturated heterocycles. The van der Waals surface area contributed by atoms with Crippen LogP contribution < -0.4 is 18.9 Å². The molecular formula is C21H22FNO7S. The summed E-state index contributed by atoms with van der Waals surface area (Å²) in [7, 11) is 0.273. The summed E-state index contributed by atoms with van der Waals surface area (Å²) >= 11 is 0. The molecular weight excluding hydrogens is 429 g/mol. The monoisotopic (exact) mass is 451 g/mol. The van der Waals surface area contributed by atoms with Gasteiger partial charge in [-0.25, -0.2) is 8.42 Å². The second kappa shape index (κ2) is 7.70. The van der Waals surface area contributed by atoms with Crippen LogP contribution in [0.3, 0.4) is 0 Å². The Bertz CT molecular complexity index is 1170. The fourth-order valence-corrected chi connectivity index (χ4v) is 4.41. The van der Waals surface area contributed by atoms with Crippen molar-refractivity contribution in [1.82, 2.24) is 0 Å². The van der Waals surface area contributed by atoms with Crippen molar-refractivity contribution in [3.63, 3.8) is 0 Å². The van der Waals surface area contributed by atoms with Gasteiger partial charge < -0.3 is 23.5 Å². The first kappa shape index (κ1) is 21.4. The zero-order valence-corrected chi connectivity index (χ0v) is 18.1. The summed E-state index contributed by atoms with van der Waals surface area (Å²) in [6.45, 7) is 2.23. The second-order valence-electron chi connectivity index (χ2n) is 7.68. The first-order valence-corrected chi connectivity index (χ1v) is 10.8. The number of likely N-dealkylation sites (N-methyl/N-ethyl adjacent to an activating group) is 1. The van der Waals surface area contributed by atoms with E-state index in [0.29, 0.717) is 6.79 Å². The van der Waals surface area contributed by atoms with Gasteiger partial charge >= 0.3 is 0 Å². The van der Waals surface area contributed by atoms with Crippen LogP contribution in [0.4, 0.5) is 3.89 Å². The van der Waals surface area contributed by atoms with Crippen molar-refractivity contribution in [1.29, 1.82) is 0 Å². The van der Waals surface area contributed by atoms with Gasteiger partial charge in [-0.05, 0) is 29.3 Å². The van der Waals surface area contributed by atoms with Crippen LogP contribution in [-0.4, -0.2) is 52.1 Å². The van der Waals surface area contributed by atoms with E-state index in [0.717, 1.165) is 47.0 Å². The third-order valence-corrected chi connectivity index (χ3v) is 5.81. The Hall–Kier alpha value is -2.82. The topological polar surface area (TPSA) is 94.1 Å². The normalized spacial score (nSPS) is 20.4. The summed E-state index contributed by atoms with van der Waals surface area (Å²) < 4.78 is 58.5. The number of ether oxygens (including phenoxy) is 4. The van der Waals surface area contributed by atoms with Crippen LogP contribution >= 0.6 is 0 Å². The average Bonchev–Trinajstić information content (AvgIpc) is 3.16. The summed E-state index contributed by atoms with van der Waals surface area (Å²) in [6, 6.07) is 8.39. The van der Waals surface area contributed by atoms with Gasteiger partial charge in [0.25, 0.3) is 10.5 Å². The first-order valence-electron chi connectivity index (χ1n) is 9.52. The van der Waals surface area contributed by atoms with Crippen LogP contribution in [0.25, 0.3) is 11.8 Å². The Morgan fingerprint density at radius 2 is 1.81 bits per heavy atom. The Balaban J connectivity index is 0.000000418. The minimum atomic E-state index is -5.42. The quantitative estimate of drug-likeness (QED) is 0.394. The van der Waals surface area contributed by atoms with Gasteiger partial charge in [0.05, 0.1) is 33.4 Å². The molecule has 8 nitrogen and oxygen atoms in total. The van der Waals surface area contributed by atoms with Crippen LogP contribution in [0.5, 0.6) is 23.0 Å². The molecule has 0 aromatic heterocycles. The maximum Gasteiger partial charge on any atom is 0.255 e. The standard InChI is InChI=1S/C21H22NO4.FHO3S/c1-22-7-6-14-9-19-20(26-12-25-19)10-15(14)17(22)8-13-4-5-18(23-2)21(24-3)16(13)11-22;1-5(2,3)4/h4-5,8-10H,6-7,11-12H2,1-3H3;(H,2,3,4)/q+1;/p-1. The summed E-state index contributed by atoms with van der Waals surface area (Å²) in [6.07, 6.45) is 3.31. The van der Waals surface area contributed by atoms with Crippen molar-refractivity contribution in [3.05, 3.63) is 46.5 Å². The molecule has 3 heterocycles. The molecule has 3 aliphatic heterocycles. The molecule has 1 atom stereocenters. The number of hydrogen-bond donors (Lipinski definition) is 0. The van der Waals surface area contributed by atoms with Crippen molar-refractivity contribution in [2.24, 2.45) is 0 Å². The molecule has 2 aromatic rings. The predicted molar refractivity (Wildman–Crippen MR) is 109 cm³/mol. The lowest BCUT2D eigenvalue weighted by Crippen LogP contribution is -2.47. The molecule has 10 heteroatoms. The van der Waals surface area contributed by atoms with Gasteiger partial charge in [-0.3, -0.25) is 4.48 Å². The molecule has 0 saturated carbocycles. The number of hydrogen-bond acceptors (Lipinski definition) is 7. The summed E-state index contributed by atoms with van der Waals surface area (Å²) in [5.41, 5.74) is 6.33. The molecule has 0 aliphatic carbocycles. The van der Waals surface area contributed by atoms with Crippen molar-refractivity contribution in [2.75, 3.05) is 34.6 Å². The minimum absolute atomic E-state index is 0.309. The molecule has 5 rings (SSSR count). The van der Waals surface area contributed by atoms with Gasteiger partial charge in [0.1, 0.15) is 12.2 Å². The number of rotatable bonds is 2. The van der Waals surface area contributed by atoms with Gasteiger partial charge in [-0.1, -0.05) is 6.07 Å². The highest BCUT2D eigenvalue weighted by molar-refractivity contribution is 7.80. The van der Waals surface area contributed by atoms with Crippen molar-refractivity contribution >= 4 is 22.3 Å². The van der Waals surface area contributed by atoms with E-state index in [-0.39, 0.29) is 0 Å². The van der Waals surface area contributed by atoms with Gasteiger partial charge in [-0.2, -0.15) is 0 Å². The van der Waals surface area contributed by atoms with Crippen LogP contribution in [0.2, 0.25) is 0 Å². The number of halogens is 1. The van der Waals surface area contributed by atoms with Gasteiger partial charge in [0.2, 0.25) is 6.79 Å².